The Bertz CT molecular complexity index is 540. The number of amides is 2. The van der Waals surface area contributed by atoms with Crippen LogP contribution in [0.5, 0.6) is 0 Å². The van der Waals surface area contributed by atoms with Gasteiger partial charge in [-0.2, -0.15) is 0 Å². The Kier molecular flexibility index (Phi) is 5.58. The molecule has 0 spiro atoms. The average molecular weight is 302 g/mol. The number of likely N-dealkylation sites (tertiary alicyclic amines) is 1. The van der Waals surface area contributed by atoms with Crippen molar-refractivity contribution in [2.75, 3.05) is 6.54 Å². The van der Waals surface area contributed by atoms with E-state index in [1.165, 1.54) is 6.42 Å². The van der Waals surface area contributed by atoms with Crippen LogP contribution in [0, 0.1) is 0 Å². The van der Waals surface area contributed by atoms with Crippen molar-refractivity contribution in [3.8, 4) is 0 Å². The van der Waals surface area contributed by atoms with Gasteiger partial charge in [0.15, 0.2) is 0 Å². The molecular formula is C18H26N2O2. The van der Waals surface area contributed by atoms with Crippen LogP contribution in [0.1, 0.15) is 67.2 Å². The predicted molar refractivity (Wildman–Crippen MR) is 88.0 cm³/mol. The molecule has 0 aromatic heterocycles. The van der Waals surface area contributed by atoms with Crippen LogP contribution < -0.4 is 5.32 Å². The van der Waals surface area contributed by atoms with Crippen LogP contribution in [0.25, 0.3) is 0 Å². The molecule has 1 atom stereocenters. The van der Waals surface area contributed by atoms with Crippen molar-refractivity contribution in [1.29, 1.82) is 0 Å². The van der Waals surface area contributed by atoms with E-state index in [2.05, 4.69) is 12.2 Å². The molecule has 4 nitrogen and oxygen atoms in total. The summed E-state index contributed by atoms with van der Waals surface area (Å²) in [5.41, 5.74) is 1.15. The molecule has 120 valence electrons. The van der Waals surface area contributed by atoms with Gasteiger partial charge in [-0.05, 0) is 57.7 Å². The smallest absolute Gasteiger partial charge is 0.254 e. The molecule has 1 unspecified atom stereocenters. The molecular weight excluding hydrogens is 276 g/mol. The molecule has 1 fully saturated rings. The van der Waals surface area contributed by atoms with Gasteiger partial charge in [-0.3, -0.25) is 9.59 Å². The highest BCUT2D eigenvalue weighted by Crippen LogP contribution is 2.22. The molecule has 1 aromatic rings. The molecule has 0 saturated carbocycles. The molecule has 2 amide bonds. The van der Waals surface area contributed by atoms with Crippen LogP contribution in [-0.2, 0) is 0 Å². The van der Waals surface area contributed by atoms with E-state index in [1.54, 1.807) is 24.3 Å². The zero-order valence-electron chi connectivity index (χ0n) is 13.8. The zero-order chi connectivity index (χ0) is 16.1. The Morgan fingerprint density at radius 3 is 2.68 bits per heavy atom. The first-order chi connectivity index (χ1) is 10.5. The number of carbonyl (C=O) groups excluding carboxylic acids is 2. The number of piperidine rings is 1. The third-order valence-electron chi connectivity index (χ3n) is 4.15. The maximum absolute atomic E-state index is 12.8. The van der Waals surface area contributed by atoms with Gasteiger partial charge < -0.3 is 10.2 Å². The van der Waals surface area contributed by atoms with Crippen LogP contribution in [0.3, 0.4) is 0 Å². The number of hydrogen-bond acceptors (Lipinski definition) is 2. The summed E-state index contributed by atoms with van der Waals surface area (Å²) in [5, 5.41) is 2.86. The first kappa shape index (κ1) is 16.5. The monoisotopic (exact) mass is 302 g/mol. The number of nitrogens with one attached hydrogen (secondary N) is 1. The lowest BCUT2D eigenvalue weighted by atomic mass is 9.98. The summed E-state index contributed by atoms with van der Waals surface area (Å²) in [4.78, 5) is 26.8. The summed E-state index contributed by atoms with van der Waals surface area (Å²) in [6.45, 7) is 6.79. The quantitative estimate of drug-likeness (QED) is 0.928. The van der Waals surface area contributed by atoms with E-state index in [4.69, 9.17) is 0 Å². The van der Waals surface area contributed by atoms with E-state index in [-0.39, 0.29) is 17.9 Å². The fourth-order valence-electron chi connectivity index (χ4n) is 3.00. The number of nitrogens with zero attached hydrogens (tertiary/aromatic N) is 1. The number of benzene rings is 1. The van der Waals surface area contributed by atoms with Gasteiger partial charge in [0.05, 0.1) is 0 Å². The zero-order valence-corrected chi connectivity index (χ0v) is 13.8. The summed E-state index contributed by atoms with van der Waals surface area (Å²) in [6, 6.07) is 7.46. The molecule has 0 bridgehead atoms. The van der Waals surface area contributed by atoms with E-state index >= 15 is 0 Å². The highest BCUT2D eigenvalue weighted by molar-refractivity contribution is 5.99. The maximum Gasteiger partial charge on any atom is 0.254 e. The SMILES string of the molecule is CCC1CCCCN1C(=O)c1cccc(C(=O)NC(C)C)c1. The topological polar surface area (TPSA) is 49.4 Å². The van der Waals surface area contributed by atoms with Gasteiger partial charge in [-0.15, -0.1) is 0 Å². The summed E-state index contributed by atoms with van der Waals surface area (Å²) < 4.78 is 0. The van der Waals surface area contributed by atoms with Crippen molar-refractivity contribution in [1.82, 2.24) is 10.2 Å². The largest absolute Gasteiger partial charge is 0.350 e. The number of hydrogen-bond donors (Lipinski definition) is 1. The van der Waals surface area contributed by atoms with Gasteiger partial charge in [-0.25, -0.2) is 0 Å². The molecule has 4 heteroatoms. The lowest BCUT2D eigenvalue weighted by Crippen LogP contribution is -2.43. The average Bonchev–Trinajstić information content (AvgIpc) is 2.53. The molecule has 1 saturated heterocycles. The van der Waals surface area contributed by atoms with Gasteiger partial charge in [0, 0.05) is 29.8 Å². The van der Waals surface area contributed by atoms with E-state index in [0.717, 1.165) is 25.8 Å². The van der Waals surface area contributed by atoms with E-state index in [1.807, 2.05) is 18.7 Å². The maximum atomic E-state index is 12.8. The van der Waals surface area contributed by atoms with Gasteiger partial charge in [0.1, 0.15) is 0 Å². The number of rotatable bonds is 4. The van der Waals surface area contributed by atoms with Gasteiger partial charge >= 0.3 is 0 Å². The molecule has 1 aliphatic rings. The fourth-order valence-corrected chi connectivity index (χ4v) is 3.00. The van der Waals surface area contributed by atoms with Crippen molar-refractivity contribution in [2.45, 2.75) is 58.5 Å². The van der Waals surface area contributed by atoms with E-state index < -0.39 is 0 Å². The van der Waals surface area contributed by atoms with Gasteiger partial charge in [-0.1, -0.05) is 13.0 Å². The van der Waals surface area contributed by atoms with Crippen molar-refractivity contribution >= 4 is 11.8 Å². The molecule has 1 aromatic carbocycles. The van der Waals surface area contributed by atoms with Crippen LogP contribution in [-0.4, -0.2) is 35.3 Å². The second-order valence-corrected chi connectivity index (χ2v) is 6.27. The van der Waals surface area contributed by atoms with Crippen molar-refractivity contribution < 1.29 is 9.59 Å². The second-order valence-electron chi connectivity index (χ2n) is 6.27. The minimum absolute atomic E-state index is 0.0470. The van der Waals surface area contributed by atoms with Crippen LogP contribution in [0.2, 0.25) is 0 Å². The molecule has 0 radical (unpaired) electrons. The van der Waals surface area contributed by atoms with Crippen molar-refractivity contribution in [3.63, 3.8) is 0 Å². The lowest BCUT2D eigenvalue weighted by Gasteiger charge is -2.35. The van der Waals surface area contributed by atoms with Crippen LogP contribution in [0.15, 0.2) is 24.3 Å². The molecule has 1 heterocycles. The molecule has 22 heavy (non-hydrogen) atoms. The third kappa shape index (κ3) is 3.87. The molecule has 2 rings (SSSR count). The van der Waals surface area contributed by atoms with Crippen molar-refractivity contribution in [2.24, 2.45) is 0 Å². The first-order valence-corrected chi connectivity index (χ1v) is 8.24. The Balaban J connectivity index is 2.17. The summed E-state index contributed by atoms with van der Waals surface area (Å²) in [7, 11) is 0. The third-order valence-corrected chi connectivity index (χ3v) is 4.15. The Labute approximate surface area is 132 Å². The normalized spacial score (nSPS) is 18.4. The Morgan fingerprint density at radius 2 is 2.00 bits per heavy atom. The summed E-state index contributed by atoms with van der Waals surface area (Å²) in [6.07, 6.45) is 4.32. The number of carbonyl (C=O) groups is 2. The van der Waals surface area contributed by atoms with Gasteiger partial charge in [0.25, 0.3) is 11.8 Å². The minimum Gasteiger partial charge on any atom is -0.350 e. The Morgan fingerprint density at radius 1 is 1.27 bits per heavy atom. The fraction of sp³-hybridized carbons (Fsp3) is 0.556. The molecule has 1 N–H and O–H groups in total. The lowest BCUT2D eigenvalue weighted by molar-refractivity contribution is 0.0608. The summed E-state index contributed by atoms with van der Waals surface area (Å²) in [5.74, 6) is -0.0823. The molecule has 0 aliphatic carbocycles. The van der Waals surface area contributed by atoms with Crippen LogP contribution in [0.4, 0.5) is 0 Å². The standard InChI is InChI=1S/C18H26N2O2/c1-4-16-10-5-6-11-20(16)18(22)15-9-7-8-14(12-15)17(21)19-13(2)3/h7-9,12-13,16H,4-6,10-11H2,1-3H3,(H,19,21). The highest BCUT2D eigenvalue weighted by Gasteiger charge is 2.26. The molecule has 1 aliphatic heterocycles. The van der Waals surface area contributed by atoms with Crippen LogP contribution >= 0.6 is 0 Å². The van der Waals surface area contributed by atoms with Gasteiger partial charge in [0.2, 0.25) is 0 Å². The highest BCUT2D eigenvalue weighted by atomic mass is 16.2. The predicted octanol–water partition coefficient (Wildman–Crippen LogP) is 3.23. The second kappa shape index (κ2) is 7.43. The van der Waals surface area contributed by atoms with E-state index in [9.17, 15) is 9.59 Å². The summed E-state index contributed by atoms with van der Waals surface area (Å²) >= 11 is 0. The minimum atomic E-state index is -0.129. The van der Waals surface area contributed by atoms with E-state index in [0.29, 0.717) is 17.2 Å². The first-order valence-electron chi connectivity index (χ1n) is 8.24. The Hall–Kier alpha value is -1.84. The van der Waals surface area contributed by atoms with Crippen molar-refractivity contribution in [3.05, 3.63) is 35.4 Å².